The number of carbonyl (C=O) groups is 2. The number of hydrogen-bond acceptors (Lipinski definition) is 6. The van der Waals surface area contributed by atoms with Gasteiger partial charge >= 0.3 is 5.97 Å². The summed E-state index contributed by atoms with van der Waals surface area (Å²) in [6.45, 7) is 7.07. The van der Waals surface area contributed by atoms with E-state index in [9.17, 15) is 9.59 Å². The number of morpholine rings is 1. The molecule has 0 saturated carbocycles. The Labute approximate surface area is 182 Å². The average Bonchev–Trinajstić information content (AvgIpc) is 2.75. The average molecular weight is 435 g/mol. The number of hydrogen-bond donors (Lipinski definition) is 1. The topological polar surface area (TPSA) is 77.1 Å². The van der Waals surface area contributed by atoms with Crippen LogP contribution in [-0.4, -0.2) is 51.4 Å². The van der Waals surface area contributed by atoms with Gasteiger partial charge in [0, 0.05) is 24.3 Å². The molecule has 1 fully saturated rings. The normalized spacial score (nSPS) is 13.2. The number of rotatable bonds is 7. The van der Waals surface area contributed by atoms with E-state index in [1.54, 1.807) is 43.3 Å². The van der Waals surface area contributed by atoms with E-state index in [1.807, 2.05) is 13.0 Å². The summed E-state index contributed by atoms with van der Waals surface area (Å²) in [5, 5.41) is 2.85. The minimum absolute atomic E-state index is 0. The Morgan fingerprint density at radius 3 is 2.53 bits per heavy atom. The number of carbonyl (C=O) groups excluding carboxylic acids is 2. The molecule has 1 saturated heterocycles. The lowest BCUT2D eigenvalue weighted by molar-refractivity contribution is 0.0526. The maximum atomic E-state index is 12.7. The van der Waals surface area contributed by atoms with Crippen LogP contribution in [0.25, 0.3) is 0 Å². The molecule has 7 nitrogen and oxygen atoms in total. The molecule has 0 atom stereocenters. The molecule has 2 aromatic rings. The van der Waals surface area contributed by atoms with Crippen LogP contribution in [0.15, 0.2) is 42.5 Å². The van der Waals surface area contributed by atoms with Gasteiger partial charge in [-0.05, 0) is 50.2 Å². The third-order valence-corrected chi connectivity index (χ3v) is 4.51. The minimum Gasteiger partial charge on any atom is -0.494 e. The Morgan fingerprint density at radius 1 is 1.07 bits per heavy atom. The standard InChI is InChI=1S/C22H26N2O5.ClH/c1-3-28-18-7-5-6-16(14-18)21(25)23-17-8-9-20(24-10-12-27-13-11-24)19(15-17)22(26)29-4-2;/h5-9,14-15H,3-4,10-13H2,1-2H3,(H,23,25);1H. The second-order valence-corrected chi connectivity index (χ2v) is 6.47. The van der Waals surface area contributed by atoms with E-state index in [-0.39, 0.29) is 24.9 Å². The first-order valence-electron chi connectivity index (χ1n) is 9.80. The molecule has 1 aliphatic rings. The molecular formula is C22H27ClN2O5. The molecule has 0 aromatic heterocycles. The first-order valence-corrected chi connectivity index (χ1v) is 9.80. The van der Waals surface area contributed by atoms with Gasteiger partial charge in [0.05, 0.1) is 37.7 Å². The monoisotopic (exact) mass is 434 g/mol. The molecule has 0 bridgehead atoms. The maximum Gasteiger partial charge on any atom is 0.340 e. The summed E-state index contributed by atoms with van der Waals surface area (Å²) in [4.78, 5) is 27.3. The van der Waals surface area contributed by atoms with Crippen LogP contribution in [-0.2, 0) is 9.47 Å². The highest BCUT2D eigenvalue weighted by atomic mass is 35.5. The fourth-order valence-electron chi connectivity index (χ4n) is 3.16. The molecular weight excluding hydrogens is 408 g/mol. The predicted molar refractivity (Wildman–Crippen MR) is 118 cm³/mol. The van der Waals surface area contributed by atoms with Gasteiger partial charge in [-0.1, -0.05) is 6.07 Å². The molecule has 0 aliphatic carbocycles. The fraction of sp³-hybridized carbons (Fsp3) is 0.364. The summed E-state index contributed by atoms with van der Waals surface area (Å²) >= 11 is 0. The van der Waals surface area contributed by atoms with Gasteiger partial charge in [-0.2, -0.15) is 0 Å². The molecule has 1 aliphatic heterocycles. The number of amides is 1. The van der Waals surface area contributed by atoms with Crippen LogP contribution in [0.3, 0.4) is 0 Å². The number of anilines is 2. The van der Waals surface area contributed by atoms with E-state index in [4.69, 9.17) is 14.2 Å². The lowest BCUT2D eigenvalue weighted by Crippen LogP contribution is -2.37. The van der Waals surface area contributed by atoms with Gasteiger partial charge < -0.3 is 24.4 Å². The number of esters is 1. The zero-order valence-corrected chi connectivity index (χ0v) is 18.0. The SMILES string of the molecule is CCOC(=O)c1cc(NC(=O)c2cccc(OCC)c2)ccc1N1CCOCC1.Cl. The van der Waals surface area contributed by atoms with Crippen molar-refractivity contribution < 1.29 is 23.8 Å². The molecule has 8 heteroatoms. The molecule has 30 heavy (non-hydrogen) atoms. The highest BCUT2D eigenvalue weighted by molar-refractivity contribution is 6.05. The van der Waals surface area contributed by atoms with E-state index < -0.39 is 5.97 Å². The van der Waals surface area contributed by atoms with E-state index in [0.717, 1.165) is 5.69 Å². The van der Waals surface area contributed by atoms with Gasteiger partial charge in [-0.3, -0.25) is 4.79 Å². The van der Waals surface area contributed by atoms with Gasteiger partial charge in [0.15, 0.2) is 0 Å². The summed E-state index contributed by atoms with van der Waals surface area (Å²) in [6.07, 6.45) is 0. The van der Waals surface area contributed by atoms with E-state index in [2.05, 4.69) is 10.2 Å². The number of halogens is 1. The van der Waals surface area contributed by atoms with Crippen molar-refractivity contribution in [3.8, 4) is 5.75 Å². The predicted octanol–water partition coefficient (Wildman–Crippen LogP) is 3.77. The third-order valence-electron chi connectivity index (χ3n) is 4.51. The van der Waals surface area contributed by atoms with Crippen molar-refractivity contribution in [2.45, 2.75) is 13.8 Å². The first-order chi connectivity index (χ1) is 14.1. The van der Waals surface area contributed by atoms with Crippen LogP contribution in [0.5, 0.6) is 5.75 Å². The highest BCUT2D eigenvalue weighted by Crippen LogP contribution is 2.27. The number of benzene rings is 2. The Morgan fingerprint density at radius 2 is 1.83 bits per heavy atom. The van der Waals surface area contributed by atoms with Crippen LogP contribution in [0.1, 0.15) is 34.6 Å². The van der Waals surface area contributed by atoms with Gasteiger partial charge in [0.25, 0.3) is 5.91 Å². The Kier molecular flexibility index (Phi) is 8.95. The zero-order valence-electron chi connectivity index (χ0n) is 17.2. The van der Waals surface area contributed by atoms with Crippen molar-refractivity contribution in [3.63, 3.8) is 0 Å². The lowest BCUT2D eigenvalue weighted by atomic mass is 10.1. The van der Waals surface area contributed by atoms with E-state index >= 15 is 0 Å². The molecule has 1 heterocycles. The van der Waals surface area contributed by atoms with Crippen molar-refractivity contribution in [1.29, 1.82) is 0 Å². The minimum atomic E-state index is -0.413. The second kappa shape index (κ2) is 11.4. The third kappa shape index (κ3) is 5.87. The molecule has 2 aromatic carbocycles. The van der Waals surface area contributed by atoms with Crippen molar-refractivity contribution in [2.75, 3.05) is 49.7 Å². The summed E-state index contributed by atoms with van der Waals surface area (Å²) < 4.78 is 16.1. The van der Waals surface area contributed by atoms with E-state index in [1.165, 1.54) is 0 Å². The van der Waals surface area contributed by atoms with Crippen LogP contribution in [0.4, 0.5) is 11.4 Å². The number of nitrogens with zero attached hydrogens (tertiary/aromatic N) is 1. The summed E-state index contributed by atoms with van der Waals surface area (Å²) in [6, 6.07) is 12.3. The van der Waals surface area contributed by atoms with E-state index in [0.29, 0.717) is 55.5 Å². The van der Waals surface area contributed by atoms with Crippen LogP contribution < -0.4 is 15.0 Å². The van der Waals surface area contributed by atoms with Crippen LogP contribution in [0.2, 0.25) is 0 Å². The fourth-order valence-corrected chi connectivity index (χ4v) is 3.16. The smallest absolute Gasteiger partial charge is 0.340 e. The van der Waals surface area contributed by atoms with Crippen LogP contribution >= 0.6 is 12.4 Å². The molecule has 1 N–H and O–H groups in total. The molecule has 1 amide bonds. The van der Waals surface area contributed by atoms with Gasteiger partial charge in [-0.25, -0.2) is 4.79 Å². The molecule has 0 radical (unpaired) electrons. The second-order valence-electron chi connectivity index (χ2n) is 6.47. The van der Waals surface area contributed by atoms with Crippen molar-refractivity contribution >= 4 is 35.7 Å². The van der Waals surface area contributed by atoms with Gasteiger partial charge in [-0.15, -0.1) is 12.4 Å². The van der Waals surface area contributed by atoms with Crippen molar-refractivity contribution in [3.05, 3.63) is 53.6 Å². The largest absolute Gasteiger partial charge is 0.494 e. The Bertz CT molecular complexity index is 868. The molecule has 0 spiro atoms. The summed E-state index contributed by atoms with van der Waals surface area (Å²) in [7, 11) is 0. The molecule has 162 valence electrons. The van der Waals surface area contributed by atoms with Crippen molar-refractivity contribution in [1.82, 2.24) is 0 Å². The summed E-state index contributed by atoms with van der Waals surface area (Å²) in [5.41, 5.74) is 2.21. The highest BCUT2D eigenvalue weighted by Gasteiger charge is 2.21. The van der Waals surface area contributed by atoms with Crippen LogP contribution in [0, 0.1) is 0 Å². The van der Waals surface area contributed by atoms with Gasteiger partial charge in [0.1, 0.15) is 5.75 Å². The number of ether oxygens (including phenoxy) is 3. The summed E-state index contributed by atoms with van der Waals surface area (Å²) in [5.74, 6) is -0.0565. The lowest BCUT2D eigenvalue weighted by Gasteiger charge is -2.30. The number of nitrogens with one attached hydrogen (secondary N) is 1. The Hall–Kier alpha value is -2.77. The molecule has 0 unspecified atom stereocenters. The Balaban J connectivity index is 0.00000320. The quantitative estimate of drug-likeness (QED) is 0.668. The van der Waals surface area contributed by atoms with Gasteiger partial charge in [0.2, 0.25) is 0 Å². The maximum absolute atomic E-state index is 12.7. The zero-order chi connectivity index (χ0) is 20.6. The van der Waals surface area contributed by atoms with Crippen molar-refractivity contribution in [2.24, 2.45) is 0 Å². The first kappa shape index (κ1) is 23.5. The molecule has 3 rings (SSSR count).